The Kier molecular flexibility index (Phi) is 5.89. The van der Waals surface area contributed by atoms with E-state index in [-0.39, 0.29) is 12.2 Å². The summed E-state index contributed by atoms with van der Waals surface area (Å²) in [7, 11) is 0. The maximum absolute atomic E-state index is 13.0. The second kappa shape index (κ2) is 8.33. The van der Waals surface area contributed by atoms with Crippen molar-refractivity contribution in [2.24, 2.45) is 0 Å². The molecule has 0 fully saturated rings. The van der Waals surface area contributed by atoms with Gasteiger partial charge in [-0.2, -0.15) is 0 Å². The molecule has 136 valence electrons. The van der Waals surface area contributed by atoms with Gasteiger partial charge >= 0.3 is 5.97 Å². The molecule has 0 aromatic heterocycles. The number of carbonyl (C=O) groups is 2. The van der Waals surface area contributed by atoms with Gasteiger partial charge in [0, 0.05) is 11.1 Å². The van der Waals surface area contributed by atoms with Crippen LogP contribution in [0.4, 0.5) is 4.39 Å². The highest BCUT2D eigenvalue weighted by Gasteiger charge is 2.11. The van der Waals surface area contributed by atoms with Gasteiger partial charge in [-0.25, -0.2) is 4.39 Å². The molecule has 3 aromatic carbocycles. The summed E-state index contributed by atoms with van der Waals surface area (Å²) in [4.78, 5) is 24.4. The van der Waals surface area contributed by atoms with E-state index in [0.717, 1.165) is 0 Å². The highest BCUT2D eigenvalue weighted by molar-refractivity contribution is 6.42. The fourth-order valence-electron chi connectivity index (χ4n) is 2.43. The van der Waals surface area contributed by atoms with Crippen LogP contribution in [0.2, 0.25) is 10.0 Å². The average Bonchev–Trinajstić information content (AvgIpc) is 2.65. The molecule has 0 saturated heterocycles. The number of hydrogen-bond acceptors (Lipinski definition) is 3. The predicted octanol–water partition coefficient (Wildman–Crippen LogP) is 5.51. The number of rotatable bonds is 5. The molecule has 0 saturated carbocycles. The van der Waals surface area contributed by atoms with Gasteiger partial charge in [-0.15, -0.1) is 0 Å². The molecule has 3 nitrogen and oxygen atoms in total. The van der Waals surface area contributed by atoms with Crippen molar-refractivity contribution in [1.82, 2.24) is 0 Å². The molecule has 0 atom stereocenters. The summed E-state index contributed by atoms with van der Waals surface area (Å²) < 4.78 is 18.2. The van der Waals surface area contributed by atoms with Gasteiger partial charge in [-0.1, -0.05) is 29.3 Å². The first kappa shape index (κ1) is 19.1. The van der Waals surface area contributed by atoms with Gasteiger partial charge in [0.1, 0.15) is 11.6 Å². The van der Waals surface area contributed by atoms with Crippen LogP contribution < -0.4 is 4.74 Å². The van der Waals surface area contributed by atoms with Crippen LogP contribution in [0.25, 0.3) is 0 Å². The summed E-state index contributed by atoms with van der Waals surface area (Å²) in [5.41, 5.74) is 1.46. The summed E-state index contributed by atoms with van der Waals surface area (Å²) in [6, 6.07) is 16.4. The third-order valence-electron chi connectivity index (χ3n) is 3.79. The Morgan fingerprint density at radius 2 is 1.41 bits per heavy atom. The number of halogens is 3. The largest absolute Gasteiger partial charge is 0.426 e. The summed E-state index contributed by atoms with van der Waals surface area (Å²) in [6.07, 6.45) is 0.0349. The topological polar surface area (TPSA) is 43.4 Å². The molecule has 0 bridgehead atoms. The van der Waals surface area contributed by atoms with E-state index in [9.17, 15) is 14.0 Å². The fourth-order valence-corrected chi connectivity index (χ4v) is 2.75. The Morgan fingerprint density at radius 3 is 2.00 bits per heavy atom. The molecular formula is C21H13Cl2FO3. The van der Waals surface area contributed by atoms with Crippen molar-refractivity contribution in [2.75, 3.05) is 0 Å². The SMILES string of the molecule is O=C(Cc1ccc(Cl)c(Cl)c1)Oc1ccc(C(=O)c2ccc(F)cc2)cc1. The van der Waals surface area contributed by atoms with Crippen molar-refractivity contribution >= 4 is 35.0 Å². The zero-order chi connectivity index (χ0) is 19.4. The number of benzene rings is 3. The van der Waals surface area contributed by atoms with Gasteiger partial charge in [0.15, 0.2) is 5.78 Å². The first-order valence-electron chi connectivity index (χ1n) is 7.97. The number of ether oxygens (including phenoxy) is 1. The van der Waals surface area contributed by atoms with Crippen molar-refractivity contribution in [3.63, 3.8) is 0 Å². The first-order chi connectivity index (χ1) is 12.9. The Morgan fingerprint density at radius 1 is 0.815 bits per heavy atom. The lowest BCUT2D eigenvalue weighted by Gasteiger charge is -2.07. The minimum absolute atomic E-state index is 0.0349. The lowest BCUT2D eigenvalue weighted by Crippen LogP contribution is -2.11. The second-order valence-electron chi connectivity index (χ2n) is 5.76. The summed E-state index contributed by atoms with van der Waals surface area (Å²) in [6.45, 7) is 0. The normalized spacial score (nSPS) is 10.5. The number of carbonyl (C=O) groups excluding carboxylic acids is 2. The van der Waals surface area contributed by atoms with Crippen LogP contribution in [0.3, 0.4) is 0 Å². The molecule has 0 aliphatic heterocycles. The van der Waals surface area contributed by atoms with Crippen molar-refractivity contribution < 1.29 is 18.7 Å². The van der Waals surface area contributed by atoms with Crippen molar-refractivity contribution in [2.45, 2.75) is 6.42 Å². The zero-order valence-corrected chi connectivity index (χ0v) is 15.4. The molecule has 0 aliphatic carbocycles. The minimum Gasteiger partial charge on any atom is -0.426 e. The molecule has 0 radical (unpaired) electrons. The van der Waals surface area contributed by atoms with Crippen LogP contribution in [-0.2, 0) is 11.2 Å². The maximum atomic E-state index is 13.0. The van der Waals surface area contributed by atoms with Gasteiger partial charge in [0.2, 0.25) is 0 Å². The van der Waals surface area contributed by atoms with Crippen LogP contribution >= 0.6 is 23.2 Å². The van der Waals surface area contributed by atoms with Crippen molar-refractivity contribution in [3.8, 4) is 5.75 Å². The van der Waals surface area contributed by atoms with Crippen LogP contribution in [0, 0.1) is 5.82 Å². The van der Waals surface area contributed by atoms with E-state index >= 15 is 0 Å². The molecule has 3 aromatic rings. The average molecular weight is 403 g/mol. The molecule has 0 aliphatic rings. The molecule has 3 rings (SSSR count). The molecule has 0 amide bonds. The standard InChI is InChI=1S/C21H13Cl2FO3/c22-18-10-1-13(11-19(18)23)12-20(25)27-17-8-4-15(5-9-17)21(26)14-2-6-16(24)7-3-14/h1-11H,12H2. The van der Waals surface area contributed by atoms with Crippen LogP contribution in [0.1, 0.15) is 21.5 Å². The third kappa shape index (κ3) is 4.94. The van der Waals surface area contributed by atoms with Crippen LogP contribution in [0.5, 0.6) is 5.75 Å². The Balaban J connectivity index is 1.64. The Labute approximate surface area is 165 Å². The molecular weight excluding hydrogens is 390 g/mol. The smallest absolute Gasteiger partial charge is 0.315 e. The van der Waals surface area contributed by atoms with Crippen LogP contribution in [-0.4, -0.2) is 11.8 Å². The van der Waals surface area contributed by atoms with Crippen molar-refractivity contribution in [3.05, 3.63) is 99.3 Å². The van der Waals surface area contributed by atoms with E-state index < -0.39 is 11.8 Å². The lowest BCUT2D eigenvalue weighted by molar-refractivity contribution is -0.133. The van der Waals surface area contributed by atoms with E-state index in [1.165, 1.54) is 36.4 Å². The third-order valence-corrected chi connectivity index (χ3v) is 4.53. The Bertz CT molecular complexity index is 983. The zero-order valence-electron chi connectivity index (χ0n) is 13.9. The molecule has 0 heterocycles. The van der Waals surface area contributed by atoms with Gasteiger partial charge in [0.05, 0.1) is 16.5 Å². The molecule has 0 N–H and O–H groups in total. The molecule has 6 heteroatoms. The van der Waals surface area contributed by atoms with E-state index in [0.29, 0.717) is 32.5 Å². The van der Waals surface area contributed by atoms with Crippen LogP contribution in [0.15, 0.2) is 66.7 Å². The van der Waals surface area contributed by atoms with Gasteiger partial charge in [-0.05, 0) is 66.2 Å². The van der Waals surface area contributed by atoms with Gasteiger partial charge in [-0.3, -0.25) is 9.59 Å². The molecule has 0 unspecified atom stereocenters. The predicted molar refractivity (Wildman–Crippen MR) is 102 cm³/mol. The van der Waals surface area contributed by atoms with Gasteiger partial charge in [0.25, 0.3) is 0 Å². The summed E-state index contributed by atoms with van der Waals surface area (Å²) in [5, 5.41) is 0.779. The van der Waals surface area contributed by atoms with E-state index in [4.69, 9.17) is 27.9 Å². The summed E-state index contributed by atoms with van der Waals surface area (Å²) in [5.74, 6) is -0.804. The lowest BCUT2D eigenvalue weighted by atomic mass is 10.0. The second-order valence-corrected chi connectivity index (χ2v) is 6.57. The monoisotopic (exact) mass is 402 g/mol. The first-order valence-corrected chi connectivity index (χ1v) is 8.73. The highest BCUT2D eigenvalue weighted by atomic mass is 35.5. The number of ketones is 1. The highest BCUT2D eigenvalue weighted by Crippen LogP contribution is 2.23. The van der Waals surface area contributed by atoms with Gasteiger partial charge < -0.3 is 4.74 Å². The Hall–Kier alpha value is -2.69. The molecule has 0 spiro atoms. The minimum atomic E-state index is -0.467. The van der Waals surface area contributed by atoms with E-state index in [2.05, 4.69) is 0 Å². The van der Waals surface area contributed by atoms with E-state index in [1.54, 1.807) is 30.3 Å². The summed E-state index contributed by atoms with van der Waals surface area (Å²) >= 11 is 11.8. The number of hydrogen-bond donors (Lipinski definition) is 0. The molecule has 27 heavy (non-hydrogen) atoms. The number of esters is 1. The maximum Gasteiger partial charge on any atom is 0.315 e. The fraction of sp³-hybridized carbons (Fsp3) is 0.0476. The quantitative estimate of drug-likeness (QED) is 0.321. The van der Waals surface area contributed by atoms with E-state index in [1.807, 2.05) is 0 Å². The van der Waals surface area contributed by atoms with Crippen molar-refractivity contribution in [1.29, 1.82) is 0 Å².